The van der Waals surface area contributed by atoms with Crippen LogP contribution in [0.25, 0.3) is 22.2 Å². The van der Waals surface area contributed by atoms with Crippen molar-refractivity contribution in [1.29, 1.82) is 0 Å². The van der Waals surface area contributed by atoms with Gasteiger partial charge >= 0.3 is 6.18 Å². The largest absolute Gasteiger partial charge is 0.433 e. The minimum absolute atomic E-state index is 0.00166. The van der Waals surface area contributed by atoms with Crippen LogP contribution in [0.5, 0.6) is 0 Å². The maximum Gasteiger partial charge on any atom is 0.433 e. The zero-order valence-electron chi connectivity index (χ0n) is 21.6. The third-order valence-corrected chi connectivity index (χ3v) is 8.17. The van der Waals surface area contributed by atoms with Gasteiger partial charge in [-0.15, -0.1) is 10.2 Å². The quantitative estimate of drug-likeness (QED) is 0.261. The van der Waals surface area contributed by atoms with Gasteiger partial charge in [-0.05, 0) is 56.2 Å². The Labute approximate surface area is 222 Å². The van der Waals surface area contributed by atoms with Crippen LogP contribution >= 0.6 is 0 Å². The summed E-state index contributed by atoms with van der Waals surface area (Å²) in [6.07, 6.45) is 0.658. The molecule has 4 aromatic rings. The van der Waals surface area contributed by atoms with E-state index in [0.29, 0.717) is 30.0 Å². The molecule has 3 aromatic heterocycles. The summed E-state index contributed by atoms with van der Waals surface area (Å²) >= 11 is 0. The van der Waals surface area contributed by atoms with E-state index in [1.807, 2.05) is 35.9 Å². The van der Waals surface area contributed by atoms with Crippen molar-refractivity contribution in [2.24, 2.45) is 13.0 Å². The van der Waals surface area contributed by atoms with Crippen LogP contribution in [0.2, 0.25) is 0 Å². The Hall–Kier alpha value is -3.35. The van der Waals surface area contributed by atoms with Crippen LogP contribution in [-0.4, -0.2) is 52.3 Å². The molecule has 1 aromatic carbocycles. The summed E-state index contributed by atoms with van der Waals surface area (Å²) in [4.78, 5) is 3.81. The normalized spacial score (nSPS) is 22.3. The standard InChI is InChI=1S/C27H30F3N7O2/c1-26(39,33-18-9-10-19(18)38)24-23-17(12-20(32-24)27(28,29)30)22(34-35-23)16-8-4-7-15(11-16)21(14-5-3-6-14)25-36-31-13-37(25)2/h4,7-8,11-14,18-19,21,33,38-39H,3,5-6,9-10H2,1-2H3,(H,34,35)/t18-,19+,21-,26-/m1/s1. The molecule has 3 heterocycles. The van der Waals surface area contributed by atoms with E-state index in [1.54, 1.807) is 6.33 Å². The smallest absolute Gasteiger partial charge is 0.392 e. The van der Waals surface area contributed by atoms with Crippen molar-refractivity contribution in [2.45, 2.75) is 69.0 Å². The molecular formula is C27H30F3N7O2. The Morgan fingerprint density at radius 1 is 1.15 bits per heavy atom. The highest BCUT2D eigenvalue weighted by atomic mass is 19.4. The number of H-pyrrole nitrogens is 1. The molecule has 4 N–H and O–H groups in total. The number of nitrogens with zero attached hydrogens (tertiary/aromatic N) is 5. The number of hydrogen-bond donors (Lipinski definition) is 4. The number of aromatic amines is 1. The topological polar surface area (TPSA) is 125 Å². The number of halogens is 3. The average molecular weight is 542 g/mol. The molecule has 0 saturated heterocycles. The van der Waals surface area contributed by atoms with Crippen molar-refractivity contribution in [3.8, 4) is 11.3 Å². The SMILES string of the molecule is Cn1cnnc1[C@@H](c1cccc(-c2n[nH]c3c([C@@](C)(O)N[C@@H]4CC[C@@H]4O)nc(C(F)(F)F)cc23)c1)C1CCC1. The lowest BCUT2D eigenvalue weighted by Crippen LogP contribution is -2.56. The third kappa shape index (κ3) is 4.60. The van der Waals surface area contributed by atoms with E-state index in [2.05, 4.69) is 30.7 Å². The molecule has 0 radical (unpaired) electrons. The van der Waals surface area contributed by atoms with Crippen LogP contribution in [0.15, 0.2) is 36.7 Å². The number of alkyl halides is 3. The summed E-state index contributed by atoms with van der Waals surface area (Å²) in [5.41, 5.74) is -1.17. The van der Waals surface area contributed by atoms with Gasteiger partial charge < -0.3 is 14.8 Å². The van der Waals surface area contributed by atoms with E-state index < -0.39 is 29.7 Å². The summed E-state index contributed by atoms with van der Waals surface area (Å²) in [5, 5.41) is 39.9. The summed E-state index contributed by atoms with van der Waals surface area (Å²) in [5.74, 6) is 1.24. The maximum absolute atomic E-state index is 14.0. The van der Waals surface area contributed by atoms with Crippen LogP contribution in [0.4, 0.5) is 13.2 Å². The lowest BCUT2D eigenvalue weighted by Gasteiger charge is -2.39. The van der Waals surface area contributed by atoms with Gasteiger partial charge in [0.15, 0.2) is 5.72 Å². The van der Waals surface area contributed by atoms with Crippen molar-refractivity contribution in [3.05, 3.63) is 59.4 Å². The van der Waals surface area contributed by atoms with E-state index in [1.165, 1.54) is 6.92 Å². The van der Waals surface area contributed by atoms with Crippen LogP contribution in [0.3, 0.4) is 0 Å². The first-order valence-electron chi connectivity index (χ1n) is 13.1. The van der Waals surface area contributed by atoms with Crippen molar-refractivity contribution in [2.75, 3.05) is 0 Å². The fraction of sp³-hybridized carbons (Fsp3) is 0.481. The molecule has 2 saturated carbocycles. The number of aliphatic hydroxyl groups excluding tert-OH is 1. The van der Waals surface area contributed by atoms with Crippen LogP contribution in [0.1, 0.15) is 67.7 Å². The predicted octanol–water partition coefficient (Wildman–Crippen LogP) is 3.98. The second-order valence-corrected chi connectivity index (χ2v) is 10.9. The summed E-state index contributed by atoms with van der Waals surface area (Å²) in [6.45, 7) is 1.34. The summed E-state index contributed by atoms with van der Waals surface area (Å²) < 4.78 is 43.8. The average Bonchev–Trinajstić information content (AvgIpc) is 3.48. The number of aromatic nitrogens is 6. The van der Waals surface area contributed by atoms with E-state index in [4.69, 9.17) is 0 Å². The molecule has 2 aliphatic carbocycles. The summed E-state index contributed by atoms with van der Waals surface area (Å²) in [6, 6.07) is 8.14. The zero-order valence-corrected chi connectivity index (χ0v) is 21.6. The van der Waals surface area contributed by atoms with Crippen LogP contribution in [0, 0.1) is 5.92 Å². The number of fused-ring (bicyclic) bond motifs is 1. The molecule has 2 fully saturated rings. The second-order valence-electron chi connectivity index (χ2n) is 10.9. The van der Waals surface area contributed by atoms with E-state index in [9.17, 15) is 23.4 Å². The molecule has 2 aliphatic rings. The van der Waals surface area contributed by atoms with Crippen molar-refractivity contribution in [3.63, 3.8) is 0 Å². The Kier molecular flexibility index (Phi) is 6.23. The van der Waals surface area contributed by atoms with Crippen LogP contribution < -0.4 is 5.32 Å². The number of nitrogens with one attached hydrogen (secondary N) is 2. The molecule has 206 valence electrons. The van der Waals surface area contributed by atoms with Gasteiger partial charge in [0.2, 0.25) is 0 Å². The molecule has 0 unspecified atom stereocenters. The van der Waals surface area contributed by atoms with Gasteiger partial charge in [-0.2, -0.15) is 18.3 Å². The maximum atomic E-state index is 14.0. The van der Waals surface area contributed by atoms with Gasteiger partial charge in [0.05, 0.1) is 11.6 Å². The molecule has 0 aliphatic heterocycles. The molecule has 0 spiro atoms. The van der Waals surface area contributed by atoms with Crippen molar-refractivity contribution in [1.82, 2.24) is 35.3 Å². The van der Waals surface area contributed by atoms with E-state index >= 15 is 0 Å². The van der Waals surface area contributed by atoms with E-state index in [0.717, 1.165) is 36.7 Å². The molecular weight excluding hydrogens is 511 g/mol. The van der Waals surface area contributed by atoms with Crippen molar-refractivity contribution >= 4 is 10.9 Å². The summed E-state index contributed by atoms with van der Waals surface area (Å²) in [7, 11) is 1.90. The van der Waals surface area contributed by atoms with Gasteiger partial charge in [-0.1, -0.05) is 24.6 Å². The zero-order chi connectivity index (χ0) is 27.5. The predicted molar refractivity (Wildman–Crippen MR) is 136 cm³/mol. The third-order valence-electron chi connectivity index (χ3n) is 8.17. The fourth-order valence-electron chi connectivity index (χ4n) is 5.67. The number of aliphatic hydroxyl groups is 2. The molecule has 6 rings (SSSR count). The number of benzene rings is 1. The van der Waals surface area contributed by atoms with Gasteiger partial charge in [0, 0.05) is 30.0 Å². The number of hydrogen-bond acceptors (Lipinski definition) is 7. The number of aryl methyl sites for hydroxylation is 1. The lowest BCUT2D eigenvalue weighted by atomic mass is 9.72. The monoisotopic (exact) mass is 541 g/mol. The molecule has 9 nitrogen and oxygen atoms in total. The second kappa shape index (κ2) is 9.39. The van der Waals surface area contributed by atoms with Gasteiger partial charge in [0.1, 0.15) is 29.2 Å². The first-order chi connectivity index (χ1) is 18.5. The lowest BCUT2D eigenvalue weighted by molar-refractivity contribution is -0.141. The van der Waals surface area contributed by atoms with Crippen LogP contribution in [-0.2, 0) is 18.9 Å². The Morgan fingerprint density at radius 3 is 2.54 bits per heavy atom. The molecule has 4 atom stereocenters. The van der Waals surface area contributed by atoms with Gasteiger partial charge in [-0.3, -0.25) is 10.4 Å². The highest BCUT2D eigenvalue weighted by Crippen LogP contribution is 2.44. The first-order valence-corrected chi connectivity index (χ1v) is 13.1. The molecule has 0 amide bonds. The van der Waals surface area contributed by atoms with Gasteiger partial charge in [0.25, 0.3) is 0 Å². The highest BCUT2D eigenvalue weighted by Gasteiger charge is 2.41. The highest BCUT2D eigenvalue weighted by molar-refractivity contribution is 5.94. The Bertz CT molecular complexity index is 1510. The fourth-order valence-corrected chi connectivity index (χ4v) is 5.67. The number of rotatable bonds is 7. The first kappa shape index (κ1) is 25.9. The Morgan fingerprint density at radius 2 is 1.95 bits per heavy atom. The molecule has 0 bridgehead atoms. The minimum atomic E-state index is -4.74. The molecule has 12 heteroatoms. The Balaban J connectivity index is 1.46. The number of pyridine rings is 1. The minimum Gasteiger partial charge on any atom is -0.392 e. The molecule has 39 heavy (non-hydrogen) atoms. The van der Waals surface area contributed by atoms with E-state index in [-0.39, 0.29) is 22.5 Å². The van der Waals surface area contributed by atoms with Crippen molar-refractivity contribution < 1.29 is 23.4 Å². The van der Waals surface area contributed by atoms with Gasteiger partial charge in [-0.25, -0.2) is 4.98 Å².